The van der Waals surface area contributed by atoms with Gasteiger partial charge < -0.3 is 10.6 Å². The monoisotopic (exact) mass is 401 g/mol. The highest BCUT2D eigenvalue weighted by molar-refractivity contribution is 5.79. The van der Waals surface area contributed by atoms with Crippen LogP contribution in [0.5, 0.6) is 0 Å². The Hall–Kier alpha value is -2.15. The Morgan fingerprint density at radius 1 is 1.24 bits per heavy atom. The largest absolute Gasteiger partial charge is 0.370 e. The third-order valence-electron chi connectivity index (χ3n) is 6.57. The van der Waals surface area contributed by atoms with Gasteiger partial charge in [-0.1, -0.05) is 32.3 Å². The standard InChI is InChI=1S/C22H35N5O2/c1-2-3-7-18-8-6-10-22(18,16-19(23)28)17-21(29)25-27-14-12-26(13-15-27)20-9-4-5-11-24-20/h4-5,9,11,18H,2-3,6-8,10,12-17H2,1H3,(H2,23,28)(H,25,29). The molecule has 0 bridgehead atoms. The minimum Gasteiger partial charge on any atom is -0.370 e. The number of hydrogen-bond acceptors (Lipinski definition) is 5. The quantitative estimate of drug-likeness (QED) is 0.663. The van der Waals surface area contributed by atoms with Gasteiger partial charge in [-0.05, 0) is 42.7 Å². The van der Waals surface area contributed by atoms with Crippen LogP contribution in [-0.4, -0.2) is 48.0 Å². The summed E-state index contributed by atoms with van der Waals surface area (Å²) in [4.78, 5) is 31.3. The number of carbonyl (C=O) groups is 2. The summed E-state index contributed by atoms with van der Waals surface area (Å²) in [5.74, 6) is 1.12. The zero-order valence-corrected chi connectivity index (χ0v) is 17.6. The van der Waals surface area contributed by atoms with Gasteiger partial charge in [-0.25, -0.2) is 9.99 Å². The van der Waals surface area contributed by atoms with Gasteiger partial charge in [-0.15, -0.1) is 0 Å². The molecule has 2 fully saturated rings. The second-order valence-electron chi connectivity index (χ2n) is 8.61. The molecule has 3 rings (SSSR count). The van der Waals surface area contributed by atoms with E-state index in [4.69, 9.17) is 5.73 Å². The summed E-state index contributed by atoms with van der Waals surface area (Å²) in [6.07, 6.45) is 8.98. The van der Waals surface area contributed by atoms with Gasteiger partial charge in [0, 0.05) is 45.2 Å². The Bertz CT molecular complexity index is 675. The van der Waals surface area contributed by atoms with Gasteiger partial charge in [0.25, 0.3) is 0 Å². The lowest BCUT2D eigenvalue weighted by atomic mass is 9.70. The van der Waals surface area contributed by atoms with E-state index >= 15 is 0 Å². The molecule has 2 aliphatic rings. The smallest absolute Gasteiger partial charge is 0.234 e. The molecular weight excluding hydrogens is 366 g/mol. The van der Waals surface area contributed by atoms with Crippen LogP contribution in [0.25, 0.3) is 0 Å². The van der Waals surface area contributed by atoms with Gasteiger partial charge in [0.05, 0.1) is 0 Å². The van der Waals surface area contributed by atoms with Crippen LogP contribution >= 0.6 is 0 Å². The third kappa shape index (κ3) is 5.69. The van der Waals surface area contributed by atoms with Crippen molar-refractivity contribution in [2.45, 2.75) is 58.3 Å². The molecule has 0 radical (unpaired) electrons. The number of hydrogen-bond donors (Lipinski definition) is 2. The van der Waals surface area contributed by atoms with Crippen LogP contribution in [-0.2, 0) is 9.59 Å². The van der Waals surface area contributed by atoms with Crippen molar-refractivity contribution in [1.29, 1.82) is 0 Å². The lowest BCUT2D eigenvalue weighted by molar-refractivity contribution is -0.130. The number of amides is 2. The Morgan fingerprint density at radius 3 is 2.69 bits per heavy atom. The molecule has 3 N–H and O–H groups in total. The number of rotatable bonds is 9. The van der Waals surface area contributed by atoms with Crippen LogP contribution in [0.2, 0.25) is 0 Å². The number of hydrazine groups is 1. The molecule has 7 heteroatoms. The van der Waals surface area contributed by atoms with Crippen molar-refractivity contribution in [2.75, 3.05) is 31.1 Å². The topological polar surface area (TPSA) is 91.6 Å². The number of unbranched alkanes of at least 4 members (excludes halogenated alkanes) is 1. The molecule has 2 unspecified atom stereocenters. The first-order valence-electron chi connectivity index (χ1n) is 11.0. The maximum atomic E-state index is 12.9. The van der Waals surface area contributed by atoms with Crippen molar-refractivity contribution in [2.24, 2.45) is 17.1 Å². The molecule has 1 aliphatic heterocycles. The van der Waals surface area contributed by atoms with E-state index in [-0.39, 0.29) is 17.2 Å². The number of piperazine rings is 1. The van der Waals surface area contributed by atoms with E-state index in [0.29, 0.717) is 18.8 Å². The first-order valence-corrected chi connectivity index (χ1v) is 11.0. The Morgan fingerprint density at radius 2 is 2.03 bits per heavy atom. The van der Waals surface area contributed by atoms with Gasteiger partial charge >= 0.3 is 0 Å². The number of carbonyl (C=O) groups excluding carboxylic acids is 2. The van der Waals surface area contributed by atoms with E-state index in [1.54, 1.807) is 6.20 Å². The van der Waals surface area contributed by atoms with Crippen LogP contribution in [0.1, 0.15) is 58.3 Å². The molecule has 2 amide bonds. The first kappa shape index (κ1) is 21.6. The van der Waals surface area contributed by atoms with Gasteiger partial charge in [0.2, 0.25) is 11.8 Å². The molecule has 160 valence electrons. The summed E-state index contributed by atoms with van der Waals surface area (Å²) < 4.78 is 0. The average molecular weight is 402 g/mol. The van der Waals surface area contributed by atoms with Crippen molar-refractivity contribution in [3.8, 4) is 0 Å². The molecule has 1 aromatic heterocycles. The number of nitrogens with zero attached hydrogens (tertiary/aromatic N) is 3. The fraction of sp³-hybridized carbons (Fsp3) is 0.682. The van der Waals surface area contributed by atoms with E-state index in [9.17, 15) is 9.59 Å². The molecule has 0 spiro atoms. The Kier molecular flexibility index (Phi) is 7.47. The molecule has 29 heavy (non-hydrogen) atoms. The lowest BCUT2D eigenvalue weighted by Gasteiger charge is -2.38. The van der Waals surface area contributed by atoms with Crippen molar-refractivity contribution in [3.63, 3.8) is 0 Å². The lowest BCUT2D eigenvalue weighted by Crippen LogP contribution is -2.54. The second-order valence-corrected chi connectivity index (χ2v) is 8.61. The normalized spacial score (nSPS) is 25.1. The van der Waals surface area contributed by atoms with Crippen LogP contribution in [0.15, 0.2) is 24.4 Å². The molecule has 1 aromatic rings. The van der Waals surface area contributed by atoms with Crippen molar-refractivity contribution in [1.82, 2.24) is 15.4 Å². The highest BCUT2D eigenvalue weighted by Gasteiger charge is 2.45. The predicted octanol–water partition coefficient (Wildman–Crippen LogP) is 2.48. The molecule has 7 nitrogen and oxygen atoms in total. The van der Waals surface area contributed by atoms with E-state index in [1.165, 1.54) is 0 Å². The van der Waals surface area contributed by atoms with Crippen LogP contribution < -0.4 is 16.1 Å². The molecule has 1 aliphatic carbocycles. The number of nitrogens with one attached hydrogen (secondary N) is 1. The summed E-state index contributed by atoms with van der Waals surface area (Å²) in [7, 11) is 0. The fourth-order valence-corrected chi connectivity index (χ4v) is 5.11. The average Bonchev–Trinajstić information content (AvgIpc) is 3.08. The maximum absolute atomic E-state index is 12.9. The SMILES string of the molecule is CCCCC1CCCC1(CC(N)=O)CC(=O)NN1CCN(c2ccccn2)CC1. The molecule has 2 atom stereocenters. The minimum absolute atomic E-state index is 0.0148. The number of anilines is 1. The Labute approximate surface area is 174 Å². The van der Waals surface area contributed by atoms with Crippen molar-refractivity contribution in [3.05, 3.63) is 24.4 Å². The van der Waals surface area contributed by atoms with E-state index in [1.807, 2.05) is 23.2 Å². The third-order valence-corrected chi connectivity index (χ3v) is 6.57. The minimum atomic E-state index is -0.287. The summed E-state index contributed by atoms with van der Waals surface area (Å²) >= 11 is 0. The predicted molar refractivity (Wildman–Crippen MR) is 114 cm³/mol. The first-order chi connectivity index (χ1) is 14.0. The van der Waals surface area contributed by atoms with Gasteiger partial charge in [-0.3, -0.25) is 15.0 Å². The maximum Gasteiger partial charge on any atom is 0.234 e. The highest BCUT2D eigenvalue weighted by atomic mass is 16.2. The van der Waals surface area contributed by atoms with Crippen molar-refractivity contribution >= 4 is 17.6 Å². The van der Waals surface area contributed by atoms with E-state index < -0.39 is 0 Å². The molecule has 2 heterocycles. The zero-order valence-electron chi connectivity index (χ0n) is 17.6. The number of primary amides is 1. The van der Waals surface area contributed by atoms with Gasteiger partial charge in [0.15, 0.2) is 0 Å². The van der Waals surface area contributed by atoms with E-state index in [0.717, 1.165) is 70.5 Å². The van der Waals surface area contributed by atoms with E-state index in [2.05, 4.69) is 22.2 Å². The van der Waals surface area contributed by atoms with Crippen LogP contribution in [0.4, 0.5) is 5.82 Å². The number of nitrogens with two attached hydrogens (primary N) is 1. The molecule has 0 aromatic carbocycles. The van der Waals surface area contributed by atoms with Gasteiger partial charge in [-0.2, -0.15) is 0 Å². The molecular formula is C22H35N5O2. The number of pyridine rings is 1. The Balaban J connectivity index is 1.54. The molecule has 1 saturated carbocycles. The van der Waals surface area contributed by atoms with Crippen LogP contribution in [0.3, 0.4) is 0 Å². The highest BCUT2D eigenvalue weighted by Crippen LogP contribution is 2.50. The summed E-state index contributed by atoms with van der Waals surface area (Å²) in [6, 6.07) is 5.92. The summed E-state index contributed by atoms with van der Waals surface area (Å²) in [5, 5.41) is 2.00. The van der Waals surface area contributed by atoms with Gasteiger partial charge in [0.1, 0.15) is 5.82 Å². The fourth-order valence-electron chi connectivity index (χ4n) is 5.11. The van der Waals surface area contributed by atoms with Crippen molar-refractivity contribution < 1.29 is 9.59 Å². The number of aromatic nitrogens is 1. The summed E-state index contributed by atoms with van der Waals surface area (Å²) in [5.41, 5.74) is 8.41. The second kappa shape index (κ2) is 10.1. The van der Waals surface area contributed by atoms with Crippen LogP contribution in [0, 0.1) is 11.3 Å². The molecule has 1 saturated heterocycles. The zero-order chi connectivity index (χ0) is 20.7. The summed E-state index contributed by atoms with van der Waals surface area (Å²) in [6.45, 7) is 5.34.